The smallest absolute Gasteiger partial charge is 0.183 e. The number of hydrogen-bond acceptors (Lipinski definition) is 2. The fraction of sp³-hybridized carbons (Fsp3) is 0. The monoisotopic (exact) mass is 835 g/mol. The summed E-state index contributed by atoms with van der Waals surface area (Å²) in [5, 5.41) is 6.00. The zero-order valence-corrected chi connectivity index (χ0v) is 36.3. The van der Waals surface area contributed by atoms with E-state index in [4.69, 9.17) is 0 Å². The molecule has 0 atom stereocenters. The molecule has 0 saturated carbocycles. The van der Waals surface area contributed by atoms with E-state index in [0.29, 0.717) is 0 Å². The minimum absolute atomic E-state index is 1.11. The SMILES string of the molecule is c1ccc(-c2ccc(-c3ccc(N(c4ccccc4)c4cccc(-c5ccc(-c6ccc7c(c6)[Si]6(c8ccccc8Sc8ccccc86)c6ccccc6-7)cc5)c4)cc3)cc2)cc1. The highest BCUT2D eigenvalue weighted by molar-refractivity contribution is 8.00. The van der Waals surface area contributed by atoms with Crippen molar-refractivity contribution in [2.75, 3.05) is 4.90 Å². The molecule has 2 heterocycles. The summed E-state index contributed by atoms with van der Waals surface area (Å²) in [7, 11) is -2.56. The fourth-order valence-corrected chi connectivity index (χ4v) is 17.4. The van der Waals surface area contributed by atoms with Crippen LogP contribution in [0, 0.1) is 0 Å². The summed E-state index contributed by atoms with van der Waals surface area (Å²) >= 11 is 1.92. The summed E-state index contributed by atoms with van der Waals surface area (Å²) in [6.07, 6.45) is 0. The average Bonchev–Trinajstić information content (AvgIpc) is 3.65. The number of hydrogen-bond donors (Lipinski definition) is 0. The molecule has 1 spiro atoms. The molecule has 0 aliphatic carbocycles. The molecule has 0 unspecified atom stereocenters. The quantitative estimate of drug-likeness (QED) is 0.147. The Morgan fingerprint density at radius 1 is 0.254 bits per heavy atom. The topological polar surface area (TPSA) is 3.24 Å². The van der Waals surface area contributed by atoms with E-state index in [1.54, 1.807) is 0 Å². The normalized spacial score (nSPS) is 12.8. The van der Waals surface area contributed by atoms with Gasteiger partial charge < -0.3 is 4.90 Å². The van der Waals surface area contributed by atoms with E-state index in [1.165, 1.54) is 86.2 Å². The number of fused-ring (bicyclic) bond motifs is 9. The van der Waals surface area contributed by atoms with E-state index in [1.807, 2.05) is 11.8 Å². The molecule has 0 fully saturated rings. The first-order chi connectivity index (χ1) is 31.2. The van der Waals surface area contributed by atoms with Crippen LogP contribution in [-0.4, -0.2) is 8.07 Å². The van der Waals surface area contributed by atoms with Gasteiger partial charge >= 0.3 is 0 Å². The first-order valence-electron chi connectivity index (χ1n) is 21.7. The molecule has 0 N–H and O–H groups in total. The molecule has 12 rings (SSSR count). The molecule has 0 saturated heterocycles. The first kappa shape index (κ1) is 37.3. The predicted octanol–water partition coefficient (Wildman–Crippen LogP) is 13.6. The molecule has 2 aliphatic rings. The van der Waals surface area contributed by atoms with Crippen LogP contribution in [0.5, 0.6) is 0 Å². The Hall–Kier alpha value is -7.43. The van der Waals surface area contributed by atoms with Crippen molar-refractivity contribution in [2.45, 2.75) is 9.79 Å². The van der Waals surface area contributed by atoms with Gasteiger partial charge in [-0.1, -0.05) is 212 Å². The van der Waals surface area contributed by atoms with Crippen LogP contribution in [0.1, 0.15) is 0 Å². The van der Waals surface area contributed by atoms with Gasteiger partial charge in [-0.2, -0.15) is 0 Å². The lowest BCUT2D eigenvalue weighted by molar-refractivity contribution is 1.28. The summed E-state index contributed by atoms with van der Waals surface area (Å²) in [4.78, 5) is 5.12. The average molecular weight is 836 g/mol. The van der Waals surface area contributed by atoms with Gasteiger partial charge in [-0.05, 0) is 125 Å². The van der Waals surface area contributed by atoms with E-state index in [0.717, 1.165) is 17.1 Å². The Kier molecular flexibility index (Phi) is 9.18. The zero-order valence-electron chi connectivity index (χ0n) is 34.5. The lowest BCUT2D eigenvalue weighted by Gasteiger charge is -2.37. The van der Waals surface area contributed by atoms with Gasteiger partial charge in [-0.15, -0.1) is 0 Å². The van der Waals surface area contributed by atoms with Crippen molar-refractivity contribution in [2.24, 2.45) is 0 Å². The Labute approximate surface area is 374 Å². The van der Waals surface area contributed by atoms with Crippen molar-refractivity contribution in [1.29, 1.82) is 0 Å². The molecule has 0 bridgehead atoms. The summed E-state index contributed by atoms with van der Waals surface area (Å²) in [6.45, 7) is 0. The van der Waals surface area contributed by atoms with E-state index < -0.39 is 8.07 Å². The van der Waals surface area contributed by atoms with Gasteiger partial charge in [0.1, 0.15) is 0 Å². The maximum Gasteiger partial charge on any atom is 0.183 e. The standard InChI is InChI=1S/C60H41NSSi/c1-3-14-42(15-4-1)43-26-28-44(29-27-43)45-34-37-51(38-35-45)61(50-17-5-2-6-18-50)52-19-13-16-48(40-52)46-30-32-47(33-31-46)49-36-39-54-53-20-7-10-23-57(53)63(60(54)41-49)58-24-11-8-21-55(58)62-56-22-9-12-25-59(56)63/h1-41H. The van der Waals surface area contributed by atoms with Gasteiger partial charge in [-0.25, -0.2) is 0 Å². The van der Waals surface area contributed by atoms with Crippen molar-refractivity contribution in [1.82, 2.24) is 0 Å². The molecule has 0 radical (unpaired) electrons. The van der Waals surface area contributed by atoms with E-state index in [-0.39, 0.29) is 0 Å². The highest BCUT2D eigenvalue weighted by atomic mass is 32.2. The second kappa shape index (κ2) is 15.5. The molecule has 296 valence electrons. The second-order valence-corrected chi connectivity index (χ2v) is 21.2. The second-order valence-electron chi connectivity index (χ2n) is 16.4. The largest absolute Gasteiger partial charge is 0.310 e. The molecule has 0 aromatic heterocycles. The van der Waals surface area contributed by atoms with Crippen LogP contribution in [0.15, 0.2) is 259 Å². The maximum atomic E-state index is 2.53. The van der Waals surface area contributed by atoms with Gasteiger partial charge in [-0.3, -0.25) is 0 Å². The van der Waals surface area contributed by atoms with Crippen molar-refractivity contribution in [3.05, 3.63) is 249 Å². The van der Waals surface area contributed by atoms with Crippen LogP contribution in [0.4, 0.5) is 17.1 Å². The Balaban J connectivity index is 0.879. The van der Waals surface area contributed by atoms with Crippen LogP contribution < -0.4 is 25.6 Å². The number of para-hydroxylation sites is 1. The Bertz CT molecular complexity index is 3240. The highest BCUT2D eigenvalue weighted by Gasteiger charge is 2.52. The zero-order chi connectivity index (χ0) is 41.7. The molecular weight excluding hydrogens is 795 g/mol. The summed E-state index contributed by atoms with van der Waals surface area (Å²) in [5.74, 6) is 0. The predicted molar refractivity (Wildman–Crippen MR) is 270 cm³/mol. The Morgan fingerprint density at radius 2 is 0.651 bits per heavy atom. The van der Waals surface area contributed by atoms with E-state index >= 15 is 0 Å². The molecule has 2 aliphatic heterocycles. The lowest BCUT2D eigenvalue weighted by atomic mass is 9.97. The van der Waals surface area contributed by atoms with Gasteiger partial charge in [0, 0.05) is 26.9 Å². The summed E-state index contributed by atoms with van der Waals surface area (Å²) in [6, 6.07) is 91.9. The summed E-state index contributed by atoms with van der Waals surface area (Å²) < 4.78 is 0. The molecule has 63 heavy (non-hydrogen) atoms. The Morgan fingerprint density at radius 3 is 1.27 bits per heavy atom. The molecule has 3 heteroatoms. The van der Waals surface area contributed by atoms with Crippen LogP contribution in [0.2, 0.25) is 0 Å². The molecule has 1 nitrogen and oxygen atoms in total. The number of benzene rings is 10. The third kappa shape index (κ3) is 6.31. The van der Waals surface area contributed by atoms with E-state index in [2.05, 4.69) is 254 Å². The van der Waals surface area contributed by atoms with Crippen molar-refractivity contribution >= 4 is 57.6 Å². The van der Waals surface area contributed by atoms with Gasteiger partial charge in [0.05, 0.1) is 0 Å². The summed E-state index contributed by atoms with van der Waals surface area (Å²) in [5.41, 5.74) is 15.8. The molecule has 0 amide bonds. The highest BCUT2D eigenvalue weighted by Crippen LogP contribution is 2.40. The number of nitrogens with zero attached hydrogens (tertiary/aromatic N) is 1. The molecule has 10 aromatic rings. The van der Waals surface area contributed by atoms with Crippen molar-refractivity contribution in [3.8, 4) is 55.6 Å². The van der Waals surface area contributed by atoms with Crippen molar-refractivity contribution in [3.63, 3.8) is 0 Å². The minimum atomic E-state index is -2.56. The lowest BCUT2D eigenvalue weighted by Crippen LogP contribution is -2.74. The van der Waals surface area contributed by atoms with Crippen LogP contribution in [0.25, 0.3) is 55.6 Å². The van der Waals surface area contributed by atoms with Gasteiger partial charge in [0.2, 0.25) is 0 Å². The van der Waals surface area contributed by atoms with Crippen LogP contribution in [0.3, 0.4) is 0 Å². The van der Waals surface area contributed by atoms with Crippen LogP contribution >= 0.6 is 11.8 Å². The number of anilines is 3. The first-order valence-corrected chi connectivity index (χ1v) is 24.5. The van der Waals surface area contributed by atoms with Crippen LogP contribution in [-0.2, 0) is 0 Å². The molecular formula is C60H41NSSi. The minimum Gasteiger partial charge on any atom is -0.310 e. The van der Waals surface area contributed by atoms with E-state index in [9.17, 15) is 0 Å². The maximum absolute atomic E-state index is 2.56. The van der Waals surface area contributed by atoms with Gasteiger partial charge in [0.15, 0.2) is 8.07 Å². The van der Waals surface area contributed by atoms with Gasteiger partial charge in [0.25, 0.3) is 0 Å². The van der Waals surface area contributed by atoms with Crippen molar-refractivity contribution < 1.29 is 0 Å². The number of rotatable bonds is 7. The molecule has 10 aromatic carbocycles. The fourth-order valence-electron chi connectivity index (χ4n) is 10.0. The third-order valence-electron chi connectivity index (χ3n) is 13.0. The third-order valence-corrected chi connectivity index (χ3v) is 19.4.